The lowest BCUT2D eigenvalue weighted by atomic mass is 9.49. The Morgan fingerprint density at radius 1 is 0.974 bits per heavy atom. The number of carboxylic acid groups (broad SMARTS) is 1. The highest BCUT2D eigenvalue weighted by Crippen LogP contribution is 2.61. The van der Waals surface area contributed by atoms with Crippen LogP contribution < -0.4 is 20.2 Å². The van der Waals surface area contributed by atoms with Gasteiger partial charge < -0.3 is 19.9 Å². The van der Waals surface area contributed by atoms with Crippen LogP contribution >= 0.6 is 0 Å². The first kappa shape index (κ1) is 25.2. The smallest absolute Gasteiger partial charge is 0.307 e. The van der Waals surface area contributed by atoms with Gasteiger partial charge in [-0.05, 0) is 87.5 Å². The number of amides is 2. The van der Waals surface area contributed by atoms with E-state index in [4.69, 9.17) is 9.47 Å². The third-order valence-electron chi connectivity index (χ3n) is 9.63. The highest BCUT2D eigenvalue weighted by atomic mass is 16.7. The van der Waals surface area contributed by atoms with E-state index in [9.17, 15) is 19.5 Å². The van der Waals surface area contributed by atoms with E-state index in [2.05, 4.69) is 15.8 Å². The number of hydrogen-bond donors (Lipinski definition) is 3. The van der Waals surface area contributed by atoms with Gasteiger partial charge in [0.25, 0.3) is 0 Å². The number of fused-ring (bicyclic) bond motifs is 1. The molecule has 5 aliphatic carbocycles. The molecule has 3 N–H and O–H groups in total. The molecule has 6 aliphatic rings. The first-order valence-electron chi connectivity index (χ1n) is 14.1. The summed E-state index contributed by atoms with van der Waals surface area (Å²) in [6, 6.07) is 3.43. The van der Waals surface area contributed by atoms with Crippen molar-refractivity contribution in [2.45, 2.75) is 77.6 Å². The second-order valence-corrected chi connectivity index (χ2v) is 12.4. The second kappa shape index (κ2) is 9.89. The minimum atomic E-state index is -0.935. The van der Waals surface area contributed by atoms with E-state index in [1.165, 1.54) is 19.3 Å². The maximum atomic E-state index is 13.2. The third kappa shape index (κ3) is 4.87. The minimum Gasteiger partial charge on any atom is -0.481 e. The number of anilines is 1. The minimum absolute atomic E-state index is 0.0656. The Morgan fingerprint density at radius 3 is 2.21 bits per heavy atom. The second-order valence-electron chi connectivity index (χ2n) is 12.4. The van der Waals surface area contributed by atoms with Crippen LogP contribution in [0.5, 0.6) is 11.5 Å². The van der Waals surface area contributed by atoms with Gasteiger partial charge in [0.1, 0.15) is 0 Å². The van der Waals surface area contributed by atoms with Crippen LogP contribution in [0, 0.1) is 35.0 Å². The topological polar surface area (TPSA) is 126 Å². The zero-order valence-corrected chi connectivity index (χ0v) is 22.0. The maximum absolute atomic E-state index is 13.2. The Hall–Kier alpha value is -3.10. The van der Waals surface area contributed by atoms with E-state index in [-0.39, 0.29) is 24.0 Å². The highest BCUT2D eigenvalue weighted by Gasteiger charge is 2.51. The molecule has 2 atom stereocenters. The number of carbonyl (C=O) groups excluding carboxylic acids is 2. The summed E-state index contributed by atoms with van der Waals surface area (Å²) in [4.78, 5) is 38.0. The Morgan fingerprint density at radius 2 is 1.58 bits per heavy atom. The lowest BCUT2D eigenvalue weighted by molar-refractivity contribution is -0.147. The van der Waals surface area contributed by atoms with E-state index >= 15 is 0 Å². The average Bonchev–Trinajstić information content (AvgIpc) is 3.33. The summed E-state index contributed by atoms with van der Waals surface area (Å²) in [7, 11) is 0. The van der Waals surface area contributed by atoms with Crippen LogP contribution in [0.1, 0.15) is 83.1 Å². The molecule has 38 heavy (non-hydrogen) atoms. The van der Waals surface area contributed by atoms with E-state index in [1.54, 1.807) is 19.1 Å². The normalized spacial score (nSPS) is 33.2. The van der Waals surface area contributed by atoms with E-state index < -0.39 is 17.8 Å². The summed E-state index contributed by atoms with van der Waals surface area (Å²) in [5.74, 6) is 0.762. The number of hydrazone groups is 1. The average molecular weight is 524 g/mol. The first-order valence-corrected chi connectivity index (χ1v) is 14.1. The predicted octanol–water partition coefficient (Wildman–Crippen LogP) is 4.69. The van der Waals surface area contributed by atoms with Crippen LogP contribution in [0.15, 0.2) is 17.2 Å². The zero-order chi connectivity index (χ0) is 26.4. The van der Waals surface area contributed by atoms with Crippen LogP contribution in [-0.4, -0.2) is 35.4 Å². The van der Waals surface area contributed by atoms with Crippen molar-refractivity contribution in [3.8, 4) is 11.5 Å². The molecular weight excluding hydrogens is 486 g/mol. The van der Waals surface area contributed by atoms with Crippen molar-refractivity contribution in [1.82, 2.24) is 5.43 Å². The lowest BCUT2D eigenvalue weighted by Gasteiger charge is -2.56. The van der Waals surface area contributed by atoms with Gasteiger partial charge in [0.2, 0.25) is 18.6 Å². The molecule has 4 bridgehead atoms. The molecule has 9 heteroatoms. The van der Waals surface area contributed by atoms with Gasteiger partial charge >= 0.3 is 5.97 Å². The molecule has 1 heterocycles. The van der Waals surface area contributed by atoms with Crippen molar-refractivity contribution in [3.05, 3.63) is 17.7 Å². The number of carboxylic acids is 1. The van der Waals surface area contributed by atoms with E-state index in [1.807, 2.05) is 0 Å². The van der Waals surface area contributed by atoms with Crippen molar-refractivity contribution < 1.29 is 29.0 Å². The number of nitrogens with one attached hydrogen (secondary N) is 2. The van der Waals surface area contributed by atoms with Crippen LogP contribution in [0.25, 0.3) is 0 Å². The molecule has 5 saturated carbocycles. The van der Waals surface area contributed by atoms with Crippen LogP contribution in [0.3, 0.4) is 0 Å². The molecule has 9 nitrogen and oxygen atoms in total. The standard InChI is InChI=1S/C29H37N3O6/c1-16(31-32-26(33)14-29-11-17-6-18(12-29)8-19(7-17)13-29)22-9-24-25(38-15-37-24)10-23(22)30-27(34)20-4-2-3-5-21(20)28(35)36/h9-10,17-21H,2-8,11-15H2,1H3,(H,30,34)(H,32,33)(H,35,36). The Labute approximate surface area is 222 Å². The molecule has 0 radical (unpaired) electrons. The van der Waals surface area contributed by atoms with Gasteiger partial charge in [-0.3, -0.25) is 14.4 Å². The van der Waals surface area contributed by atoms with Gasteiger partial charge in [-0.25, -0.2) is 5.43 Å². The Balaban J connectivity index is 1.18. The summed E-state index contributed by atoms with van der Waals surface area (Å²) < 4.78 is 11.1. The molecule has 2 unspecified atom stereocenters. The summed E-state index contributed by atoms with van der Waals surface area (Å²) in [5, 5.41) is 17.0. The van der Waals surface area contributed by atoms with Crippen LogP contribution in [-0.2, 0) is 14.4 Å². The largest absolute Gasteiger partial charge is 0.481 e. The molecule has 5 fully saturated rings. The van der Waals surface area contributed by atoms with Crippen LogP contribution in [0.4, 0.5) is 5.69 Å². The molecule has 2 amide bonds. The molecule has 0 spiro atoms. The Kier molecular flexibility index (Phi) is 6.56. The number of aliphatic carboxylic acids is 1. The monoisotopic (exact) mass is 523 g/mol. The fourth-order valence-electron chi connectivity index (χ4n) is 8.40. The first-order chi connectivity index (χ1) is 18.3. The number of nitrogens with zero attached hydrogens (tertiary/aromatic N) is 1. The van der Waals surface area contributed by atoms with Crippen LogP contribution in [0.2, 0.25) is 0 Å². The highest BCUT2D eigenvalue weighted by molar-refractivity contribution is 6.08. The SMILES string of the molecule is CC(=NNC(=O)CC12CC3CC(CC(C3)C1)C2)c1cc2c(cc1NC(=O)C1CCCCC1C(=O)O)OCO2. The third-order valence-corrected chi connectivity index (χ3v) is 9.63. The van der Waals surface area contributed by atoms with Crippen molar-refractivity contribution in [2.75, 3.05) is 12.1 Å². The molecule has 1 aromatic rings. The van der Waals surface area contributed by atoms with Crippen molar-refractivity contribution in [1.29, 1.82) is 0 Å². The van der Waals surface area contributed by atoms with Crippen molar-refractivity contribution in [3.63, 3.8) is 0 Å². The number of hydrogen-bond acceptors (Lipinski definition) is 6. The van der Waals surface area contributed by atoms with E-state index in [0.29, 0.717) is 47.7 Å². The molecule has 1 aliphatic heterocycles. The molecule has 0 saturated heterocycles. The van der Waals surface area contributed by atoms with Crippen molar-refractivity contribution in [2.24, 2.45) is 40.1 Å². The van der Waals surface area contributed by atoms with Gasteiger partial charge in [-0.15, -0.1) is 0 Å². The number of benzene rings is 1. The summed E-state index contributed by atoms with van der Waals surface area (Å²) in [6.07, 6.45) is 10.7. The molecular formula is C29H37N3O6. The molecule has 0 aromatic heterocycles. The maximum Gasteiger partial charge on any atom is 0.307 e. The predicted molar refractivity (Wildman–Crippen MR) is 140 cm³/mol. The zero-order valence-electron chi connectivity index (χ0n) is 22.0. The molecule has 204 valence electrons. The fraction of sp³-hybridized carbons (Fsp3) is 0.655. The number of ether oxygens (including phenoxy) is 2. The molecule has 7 rings (SSSR count). The van der Waals surface area contributed by atoms with Gasteiger partial charge in [0, 0.05) is 18.1 Å². The summed E-state index contributed by atoms with van der Waals surface area (Å²) in [5.41, 5.74) is 4.49. The summed E-state index contributed by atoms with van der Waals surface area (Å²) >= 11 is 0. The summed E-state index contributed by atoms with van der Waals surface area (Å²) in [6.45, 7) is 1.85. The fourth-order valence-corrected chi connectivity index (χ4v) is 8.40. The Bertz CT molecular complexity index is 1140. The van der Waals surface area contributed by atoms with Gasteiger partial charge in [0.05, 0.1) is 23.2 Å². The van der Waals surface area contributed by atoms with Gasteiger partial charge in [-0.2, -0.15) is 5.10 Å². The lowest BCUT2D eigenvalue weighted by Crippen LogP contribution is -2.47. The molecule has 1 aromatic carbocycles. The van der Waals surface area contributed by atoms with Gasteiger partial charge in [0.15, 0.2) is 11.5 Å². The van der Waals surface area contributed by atoms with Crippen molar-refractivity contribution >= 4 is 29.2 Å². The van der Waals surface area contributed by atoms with E-state index in [0.717, 1.165) is 49.9 Å². The quantitative estimate of drug-likeness (QED) is 0.352. The number of rotatable bonds is 7. The van der Waals surface area contributed by atoms with Gasteiger partial charge in [-0.1, -0.05) is 12.8 Å². The number of carbonyl (C=O) groups is 3.